The van der Waals surface area contributed by atoms with Gasteiger partial charge in [0.05, 0.1) is 13.1 Å². The molecule has 4 atom stereocenters. The van der Waals surface area contributed by atoms with E-state index in [-0.39, 0.29) is 62.6 Å². The van der Waals surface area contributed by atoms with E-state index in [1.807, 2.05) is 116 Å². The number of benzene rings is 2. The van der Waals surface area contributed by atoms with Crippen LogP contribution in [0.5, 0.6) is 0 Å². The third kappa shape index (κ3) is 20.1. The van der Waals surface area contributed by atoms with E-state index < -0.39 is 78.9 Å². The molecule has 15 heteroatoms. The molecule has 0 bridgehead atoms. The lowest BCUT2D eigenvalue weighted by atomic mass is 10.00. The van der Waals surface area contributed by atoms with Gasteiger partial charge in [-0.1, -0.05) is 116 Å². The maximum absolute atomic E-state index is 13.4. The van der Waals surface area contributed by atoms with Gasteiger partial charge in [0.2, 0.25) is 23.6 Å². The van der Waals surface area contributed by atoms with E-state index in [0.717, 1.165) is 11.1 Å². The zero-order chi connectivity index (χ0) is 43.2. The van der Waals surface area contributed by atoms with Crippen LogP contribution < -0.4 is 31.9 Å². The number of ketones is 1. The molecule has 0 aliphatic rings. The molecule has 320 valence electrons. The van der Waals surface area contributed by atoms with E-state index in [2.05, 4.69) is 31.9 Å². The lowest BCUT2D eigenvalue weighted by molar-refractivity contribution is -0.132. The number of carbonyl (C=O) groups excluding carboxylic acids is 7. The highest BCUT2D eigenvalue weighted by Crippen LogP contribution is 2.12. The van der Waals surface area contributed by atoms with Crippen LogP contribution in [0.2, 0.25) is 0 Å². The molecular weight excluding hydrogens is 745 g/mol. The van der Waals surface area contributed by atoms with Gasteiger partial charge in [0.25, 0.3) is 0 Å². The molecule has 0 heterocycles. The first-order valence-corrected chi connectivity index (χ1v) is 20.1. The molecule has 0 radical (unpaired) electrons. The first-order chi connectivity index (χ1) is 27.4. The van der Waals surface area contributed by atoms with Gasteiger partial charge in [-0.2, -0.15) is 0 Å². The Kier molecular flexibility index (Phi) is 21.6. The molecule has 0 aliphatic carbocycles. The van der Waals surface area contributed by atoms with E-state index in [1.54, 1.807) is 0 Å². The van der Waals surface area contributed by atoms with E-state index in [4.69, 9.17) is 9.47 Å². The van der Waals surface area contributed by atoms with Crippen LogP contribution >= 0.6 is 0 Å². The second-order valence-corrected chi connectivity index (χ2v) is 16.1. The van der Waals surface area contributed by atoms with Crippen LogP contribution in [-0.4, -0.2) is 78.9 Å². The number of nitrogens with one attached hydrogen (secondary N) is 6. The van der Waals surface area contributed by atoms with E-state index in [0.29, 0.717) is 0 Å². The molecule has 0 saturated heterocycles. The quantitative estimate of drug-likeness (QED) is 0.0879. The molecular formula is C43H64N6O9. The molecule has 0 fully saturated rings. The number of ether oxygens (including phenoxy) is 2. The van der Waals surface area contributed by atoms with Crippen LogP contribution in [0.25, 0.3) is 0 Å². The molecule has 6 N–H and O–H groups in total. The van der Waals surface area contributed by atoms with Crippen LogP contribution in [-0.2, 0) is 46.7 Å². The van der Waals surface area contributed by atoms with Gasteiger partial charge in [0.15, 0.2) is 5.78 Å². The first kappa shape index (κ1) is 48.7. The second-order valence-electron chi connectivity index (χ2n) is 16.1. The number of hydrogen-bond donors (Lipinski definition) is 6. The number of alkyl carbamates (subject to hydrolysis) is 2. The summed E-state index contributed by atoms with van der Waals surface area (Å²) in [4.78, 5) is 91.5. The van der Waals surface area contributed by atoms with Crippen molar-refractivity contribution in [2.45, 2.75) is 118 Å². The highest BCUT2D eigenvalue weighted by Gasteiger charge is 2.30. The number of Topliss-reactive ketones (excluding diaryl/α,β-unsaturated/α-hetero) is 1. The smallest absolute Gasteiger partial charge is 0.408 e. The summed E-state index contributed by atoms with van der Waals surface area (Å²) in [7, 11) is 0. The maximum atomic E-state index is 13.4. The lowest BCUT2D eigenvalue weighted by Gasteiger charge is -2.25. The molecule has 58 heavy (non-hydrogen) atoms. The Hall–Kier alpha value is -5.47. The van der Waals surface area contributed by atoms with Crippen molar-refractivity contribution < 1.29 is 43.0 Å². The molecule has 0 spiro atoms. The van der Waals surface area contributed by atoms with Crippen LogP contribution in [0, 0.1) is 23.7 Å². The van der Waals surface area contributed by atoms with Crippen molar-refractivity contribution in [1.29, 1.82) is 0 Å². The van der Waals surface area contributed by atoms with Crippen molar-refractivity contribution >= 4 is 41.6 Å². The van der Waals surface area contributed by atoms with E-state index in [9.17, 15) is 33.6 Å². The molecule has 2 aromatic carbocycles. The summed E-state index contributed by atoms with van der Waals surface area (Å²) in [5, 5.41) is 15.8. The summed E-state index contributed by atoms with van der Waals surface area (Å²) in [5.74, 6) is -2.85. The highest BCUT2D eigenvalue weighted by atomic mass is 16.6. The zero-order valence-corrected chi connectivity index (χ0v) is 35.2. The predicted molar refractivity (Wildman–Crippen MR) is 220 cm³/mol. The van der Waals surface area contributed by atoms with E-state index in [1.165, 1.54) is 0 Å². The average molecular weight is 809 g/mol. The molecule has 15 nitrogen and oxygen atoms in total. The second kappa shape index (κ2) is 25.7. The van der Waals surface area contributed by atoms with E-state index >= 15 is 0 Å². The average Bonchev–Trinajstić information content (AvgIpc) is 3.16. The van der Waals surface area contributed by atoms with Gasteiger partial charge in [-0.05, 0) is 60.5 Å². The van der Waals surface area contributed by atoms with Crippen molar-refractivity contribution in [1.82, 2.24) is 31.9 Å². The summed E-state index contributed by atoms with van der Waals surface area (Å²) in [5.41, 5.74) is 1.57. The minimum atomic E-state index is -1.01. The van der Waals surface area contributed by atoms with Crippen LogP contribution in [0.4, 0.5) is 9.59 Å². The zero-order valence-electron chi connectivity index (χ0n) is 35.2. The standard InChI is InChI=1S/C43H64N6O9/c1-27(2)19-34(46-40(53)36(21-29(5)6)48-42(55)57-25-31-15-11-9-12-16-31)38(51)44-23-33(50)24-45-39(52)35(20-28(3)4)47-41(54)37(22-30(7)8)49-43(56)58-26-32-17-13-10-14-18-32/h9-18,27-30,34-37H,19-26H2,1-8H3,(H,44,51)(H,45,52)(H,46,53)(H,47,54)(H,48,55)(H,49,56)/t34-,35-,36-,37-/m0/s1. The Morgan fingerprint density at radius 3 is 1.02 bits per heavy atom. The monoisotopic (exact) mass is 808 g/mol. The first-order valence-electron chi connectivity index (χ1n) is 20.1. The Balaban J connectivity index is 1.98. The van der Waals surface area contributed by atoms with Gasteiger partial charge < -0.3 is 41.4 Å². The number of amides is 6. The maximum Gasteiger partial charge on any atom is 0.408 e. The highest BCUT2D eigenvalue weighted by molar-refractivity contribution is 5.96. The van der Waals surface area contributed by atoms with Crippen molar-refractivity contribution in [2.75, 3.05) is 13.1 Å². The summed E-state index contributed by atoms with van der Waals surface area (Å²) in [6.45, 7) is 14.3. The number of carbonyl (C=O) groups is 7. The van der Waals surface area contributed by atoms with Gasteiger partial charge in [0.1, 0.15) is 37.4 Å². The fourth-order valence-corrected chi connectivity index (χ4v) is 5.85. The van der Waals surface area contributed by atoms with Crippen LogP contribution in [0.3, 0.4) is 0 Å². The Morgan fingerprint density at radius 2 is 0.724 bits per heavy atom. The topological polar surface area (TPSA) is 210 Å². The molecule has 2 aromatic rings. The van der Waals surface area contributed by atoms with Crippen molar-refractivity contribution in [2.24, 2.45) is 23.7 Å². The minimum absolute atomic E-state index is 0.0123. The third-order valence-electron chi connectivity index (χ3n) is 8.66. The molecule has 6 amide bonds. The van der Waals surface area contributed by atoms with Crippen molar-refractivity contribution in [3.05, 3.63) is 71.8 Å². The van der Waals surface area contributed by atoms with Gasteiger partial charge in [0, 0.05) is 0 Å². The van der Waals surface area contributed by atoms with Gasteiger partial charge in [-0.15, -0.1) is 0 Å². The van der Waals surface area contributed by atoms with Gasteiger partial charge >= 0.3 is 12.2 Å². The van der Waals surface area contributed by atoms with Gasteiger partial charge in [-0.25, -0.2) is 9.59 Å². The number of hydrogen-bond acceptors (Lipinski definition) is 9. The Labute approximate surface area is 342 Å². The van der Waals surface area contributed by atoms with Crippen molar-refractivity contribution in [3.63, 3.8) is 0 Å². The van der Waals surface area contributed by atoms with Gasteiger partial charge in [-0.3, -0.25) is 24.0 Å². The largest absolute Gasteiger partial charge is 0.445 e. The predicted octanol–water partition coefficient (Wildman–Crippen LogP) is 4.53. The Bertz CT molecular complexity index is 1500. The molecule has 2 rings (SSSR count). The molecule has 0 unspecified atom stereocenters. The van der Waals surface area contributed by atoms with Crippen molar-refractivity contribution in [3.8, 4) is 0 Å². The number of rotatable bonds is 24. The SMILES string of the molecule is CC(C)C[C@H](NC(=O)OCc1ccccc1)C(=O)N[C@@H](CC(C)C)C(=O)NCC(=O)CNC(=O)[C@H](CC(C)C)NC(=O)[C@H](CC(C)C)NC(=O)OCc1ccccc1. The summed E-state index contributed by atoms with van der Waals surface area (Å²) >= 11 is 0. The van der Waals surface area contributed by atoms with Crippen LogP contribution in [0.1, 0.15) is 92.2 Å². The lowest BCUT2D eigenvalue weighted by Crippen LogP contribution is -2.55. The Morgan fingerprint density at radius 1 is 0.431 bits per heavy atom. The molecule has 0 saturated carbocycles. The molecule has 0 aromatic heterocycles. The summed E-state index contributed by atoms with van der Waals surface area (Å²) in [6.07, 6.45) is -0.469. The molecule has 0 aliphatic heterocycles. The minimum Gasteiger partial charge on any atom is -0.445 e. The summed E-state index contributed by atoms with van der Waals surface area (Å²) in [6, 6.07) is 14.2. The fraction of sp³-hybridized carbons (Fsp3) is 0.558. The normalized spacial score (nSPS) is 13.2. The third-order valence-corrected chi connectivity index (χ3v) is 8.66. The fourth-order valence-electron chi connectivity index (χ4n) is 5.85. The van der Waals surface area contributed by atoms with Crippen LogP contribution in [0.15, 0.2) is 60.7 Å². The summed E-state index contributed by atoms with van der Waals surface area (Å²) < 4.78 is 10.6.